The molecule has 4 aromatic rings. The molecule has 0 saturated heterocycles. The molecule has 4 rings (SSSR count). The van der Waals surface area contributed by atoms with Crippen molar-refractivity contribution in [2.45, 2.75) is 6.92 Å². The molecule has 0 atom stereocenters. The van der Waals surface area contributed by atoms with E-state index in [4.69, 9.17) is 14.5 Å². The number of pyridine rings is 1. The van der Waals surface area contributed by atoms with Crippen molar-refractivity contribution < 1.29 is 23.9 Å². The van der Waals surface area contributed by atoms with Gasteiger partial charge in [-0.1, -0.05) is 48.5 Å². The first-order chi connectivity index (χ1) is 16.4. The van der Waals surface area contributed by atoms with Crippen molar-refractivity contribution in [1.29, 1.82) is 0 Å². The SMILES string of the molecule is COC(=O)c1ccc(C(=O)OC)c(NC(=O)c2c(C)c(-c3ccccc3)nc3ccccc23)c1. The highest BCUT2D eigenvalue weighted by atomic mass is 16.5. The van der Waals surface area contributed by atoms with Gasteiger partial charge in [0, 0.05) is 10.9 Å². The van der Waals surface area contributed by atoms with Gasteiger partial charge in [-0.15, -0.1) is 0 Å². The van der Waals surface area contributed by atoms with Gasteiger partial charge in [0.1, 0.15) is 0 Å². The lowest BCUT2D eigenvalue weighted by atomic mass is 9.97. The molecule has 0 radical (unpaired) electrons. The first kappa shape index (κ1) is 22.7. The number of fused-ring (bicyclic) bond motifs is 1. The lowest BCUT2D eigenvalue weighted by molar-refractivity contribution is 0.0587. The van der Waals surface area contributed by atoms with Gasteiger partial charge in [-0.3, -0.25) is 4.79 Å². The third kappa shape index (κ3) is 4.23. The number of hydrogen-bond acceptors (Lipinski definition) is 6. The maximum Gasteiger partial charge on any atom is 0.339 e. The number of para-hydroxylation sites is 1. The fraction of sp³-hybridized carbons (Fsp3) is 0.111. The number of rotatable bonds is 5. The molecule has 0 aliphatic rings. The molecule has 1 heterocycles. The molecule has 0 aliphatic heterocycles. The maximum absolute atomic E-state index is 13.6. The summed E-state index contributed by atoms with van der Waals surface area (Å²) in [5.41, 5.74) is 3.77. The second-order valence-corrected chi connectivity index (χ2v) is 7.54. The predicted octanol–water partition coefficient (Wildman–Crippen LogP) is 5.04. The molecule has 7 heteroatoms. The topological polar surface area (TPSA) is 94.6 Å². The van der Waals surface area contributed by atoms with E-state index < -0.39 is 17.8 Å². The number of benzene rings is 3. The quantitative estimate of drug-likeness (QED) is 0.425. The fourth-order valence-corrected chi connectivity index (χ4v) is 3.84. The Morgan fingerprint density at radius 1 is 0.824 bits per heavy atom. The number of carbonyl (C=O) groups excluding carboxylic acids is 3. The number of hydrogen-bond donors (Lipinski definition) is 1. The van der Waals surface area contributed by atoms with Gasteiger partial charge < -0.3 is 14.8 Å². The molecule has 0 aliphatic carbocycles. The summed E-state index contributed by atoms with van der Waals surface area (Å²) >= 11 is 0. The van der Waals surface area contributed by atoms with Crippen LogP contribution in [0.1, 0.15) is 36.6 Å². The molecule has 7 nitrogen and oxygen atoms in total. The van der Waals surface area contributed by atoms with Crippen LogP contribution in [0.5, 0.6) is 0 Å². The van der Waals surface area contributed by atoms with E-state index in [1.165, 1.54) is 32.4 Å². The van der Waals surface area contributed by atoms with Gasteiger partial charge >= 0.3 is 11.9 Å². The van der Waals surface area contributed by atoms with Gasteiger partial charge in [0.05, 0.1) is 47.8 Å². The van der Waals surface area contributed by atoms with Crippen LogP contribution >= 0.6 is 0 Å². The molecule has 1 N–H and O–H groups in total. The third-order valence-corrected chi connectivity index (χ3v) is 5.50. The van der Waals surface area contributed by atoms with Gasteiger partial charge in [0.2, 0.25) is 0 Å². The third-order valence-electron chi connectivity index (χ3n) is 5.50. The highest BCUT2D eigenvalue weighted by molar-refractivity contribution is 6.16. The van der Waals surface area contributed by atoms with Crippen molar-refractivity contribution >= 4 is 34.4 Å². The standard InChI is InChI=1S/C27H22N2O5/c1-16-23(19-11-7-8-12-21(19)28-24(16)17-9-5-4-6-10-17)25(30)29-22-15-18(26(31)33-2)13-14-20(22)27(32)34-3/h4-15H,1-3H3,(H,29,30). The number of amides is 1. The molecule has 0 spiro atoms. The highest BCUT2D eigenvalue weighted by Gasteiger charge is 2.22. The monoisotopic (exact) mass is 454 g/mol. The number of ether oxygens (including phenoxy) is 2. The molecule has 0 bridgehead atoms. The molecule has 0 saturated carbocycles. The van der Waals surface area contributed by atoms with Crippen LogP contribution in [-0.2, 0) is 9.47 Å². The Bertz CT molecular complexity index is 1410. The zero-order valence-corrected chi connectivity index (χ0v) is 18.9. The molecule has 1 amide bonds. The average molecular weight is 454 g/mol. The first-order valence-electron chi connectivity index (χ1n) is 10.5. The molecule has 0 fully saturated rings. The molecule has 3 aromatic carbocycles. The number of aromatic nitrogens is 1. The largest absolute Gasteiger partial charge is 0.465 e. The van der Waals surface area contributed by atoms with E-state index in [0.717, 1.165) is 5.56 Å². The van der Waals surface area contributed by atoms with Crippen LogP contribution in [0, 0.1) is 6.92 Å². The normalized spacial score (nSPS) is 10.6. The van der Waals surface area contributed by atoms with E-state index >= 15 is 0 Å². The van der Waals surface area contributed by atoms with Crippen LogP contribution in [0.4, 0.5) is 5.69 Å². The molecule has 34 heavy (non-hydrogen) atoms. The number of carbonyl (C=O) groups is 3. The van der Waals surface area contributed by atoms with Crippen LogP contribution < -0.4 is 5.32 Å². The highest BCUT2D eigenvalue weighted by Crippen LogP contribution is 2.31. The van der Waals surface area contributed by atoms with Gasteiger partial charge in [0.15, 0.2) is 0 Å². The Kier molecular flexibility index (Phi) is 6.36. The van der Waals surface area contributed by atoms with E-state index in [1.807, 2.05) is 61.5 Å². The lowest BCUT2D eigenvalue weighted by Gasteiger charge is -2.16. The van der Waals surface area contributed by atoms with Crippen molar-refractivity contribution in [2.75, 3.05) is 19.5 Å². The summed E-state index contributed by atoms with van der Waals surface area (Å²) in [6.45, 7) is 1.84. The lowest BCUT2D eigenvalue weighted by Crippen LogP contribution is -2.18. The second-order valence-electron chi connectivity index (χ2n) is 7.54. The Labute approximate surface area is 196 Å². The Balaban J connectivity index is 1.86. The Morgan fingerprint density at radius 3 is 2.21 bits per heavy atom. The number of nitrogens with one attached hydrogen (secondary N) is 1. The zero-order chi connectivity index (χ0) is 24.2. The summed E-state index contributed by atoms with van der Waals surface area (Å²) in [6.07, 6.45) is 0. The van der Waals surface area contributed by atoms with E-state index in [9.17, 15) is 14.4 Å². The van der Waals surface area contributed by atoms with Gasteiger partial charge in [-0.05, 0) is 36.8 Å². The van der Waals surface area contributed by atoms with Gasteiger partial charge in [-0.2, -0.15) is 0 Å². The van der Waals surface area contributed by atoms with Crippen molar-refractivity contribution in [3.63, 3.8) is 0 Å². The Morgan fingerprint density at radius 2 is 1.50 bits per heavy atom. The van der Waals surface area contributed by atoms with E-state index in [2.05, 4.69) is 5.32 Å². The number of anilines is 1. The maximum atomic E-state index is 13.6. The Hall–Kier alpha value is -4.52. The van der Waals surface area contributed by atoms with E-state index in [1.54, 1.807) is 0 Å². The van der Waals surface area contributed by atoms with Crippen molar-refractivity contribution in [3.05, 3.63) is 95.1 Å². The van der Waals surface area contributed by atoms with Gasteiger partial charge in [0.25, 0.3) is 5.91 Å². The fourth-order valence-electron chi connectivity index (χ4n) is 3.84. The summed E-state index contributed by atoms with van der Waals surface area (Å²) in [5, 5.41) is 3.47. The summed E-state index contributed by atoms with van der Waals surface area (Å²) in [4.78, 5) is 42.8. The van der Waals surface area contributed by atoms with E-state index in [-0.39, 0.29) is 16.8 Å². The van der Waals surface area contributed by atoms with Crippen LogP contribution in [-0.4, -0.2) is 37.0 Å². The minimum absolute atomic E-state index is 0.114. The minimum Gasteiger partial charge on any atom is -0.465 e. The molecule has 0 unspecified atom stereocenters. The summed E-state index contributed by atoms with van der Waals surface area (Å²) in [7, 11) is 2.50. The summed E-state index contributed by atoms with van der Waals surface area (Å²) in [6, 6.07) is 21.2. The molecule has 170 valence electrons. The van der Waals surface area contributed by atoms with Crippen molar-refractivity contribution in [2.24, 2.45) is 0 Å². The second kappa shape index (κ2) is 9.54. The molecular weight excluding hydrogens is 432 g/mol. The van der Waals surface area contributed by atoms with Crippen molar-refractivity contribution in [1.82, 2.24) is 4.98 Å². The first-order valence-corrected chi connectivity index (χ1v) is 10.5. The predicted molar refractivity (Wildman–Crippen MR) is 129 cm³/mol. The minimum atomic E-state index is -0.645. The number of methoxy groups -OCH3 is 2. The van der Waals surface area contributed by atoms with E-state index in [0.29, 0.717) is 27.7 Å². The van der Waals surface area contributed by atoms with Crippen LogP contribution in [0.25, 0.3) is 22.2 Å². The van der Waals surface area contributed by atoms with Crippen molar-refractivity contribution in [3.8, 4) is 11.3 Å². The van der Waals surface area contributed by atoms with Crippen LogP contribution in [0.3, 0.4) is 0 Å². The average Bonchev–Trinajstić information content (AvgIpc) is 2.87. The molecular formula is C27H22N2O5. The number of esters is 2. The van der Waals surface area contributed by atoms with Crippen LogP contribution in [0.15, 0.2) is 72.8 Å². The summed E-state index contributed by atoms with van der Waals surface area (Å²) < 4.78 is 9.62. The van der Waals surface area contributed by atoms with Crippen LogP contribution in [0.2, 0.25) is 0 Å². The zero-order valence-electron chi connectivity index (χ0n) is 18.9. The molecule has 1 aromatic heterocycles. The van der Waals surface area contributed by atoms with Gasteiger partial charge in [-0.25, -0.2) is 14.6 Å². The summed E-state index contributed by atoms with van der Waals surface area (Å²) in [5.74, 6) is -1.68. The number of nitrogens with zero attached hydrogens (tertiary/aromatic N) is 1. The smallest absolute Gasteiger partial charge is 0.339 e.